The number of carboxylic acids is 1. The van der Waals surface area contributed by atoms with Crippen LogP contribution in [0.5, 0.6) is 0 Å². The zero-order valence-corrected chi connectivity index (χ0v) is 12.4. The second-order valence-corrected chi connectivity index (χ2v) is 5.90. The standard InChI is InChI=1S/C15H20N2O4/c1-9(2)11-7-17(8-12(11)15(20)21)14(19)10-5-4-6-16(3)13(10)18/h4-6,9,11-12H,7-8H2,1-3H3,(H,20,21)/t11-,12+/m1/s1. The van der Waals surface area contributed by atoms with Gasteiger partial charge in [-0.25, -0.2) is 0 Å². The summed E-state index contributed by atoms with van der Waals surface area (Å²) in [6.07, 6.45) is 1.58. The van der Waals surface area contributed by atoms with E-state index in [1.807, 2.05) is 13.8 Å². The first-order valence-corrected chi connectivity index (χ1v) is 7.00. The lowest BCUT2D eigenvalue weighted by Gasteiger charge is -2.18. The molecule has 1 N–H and O–H groups in total. The van der Waals surface area contributed by atoms with Crippen molar-refractivity contribution in [3.63, 3.8) is 0 Å². The van der Waals surface area contributed by atoms with Gasteiger partial charge in [-0.05, 0) is 24.0 Å². The Labute approximate surface area is 123 Å². The van der Waals surface area contributed by atoms with Gasteiger partial charge in [-0.1, -0.05) is 13.8 Å². The molecule has 0 aromatic carbocycles. The molecular weight excluding hydrogens is 272 g/mol. The number of likely N-dealkylation sites (tertiary alicyclic amines) is 1. The van der Waals surface area contributed by atoms with Crippen molar-refractivity contribution in [3.05, 3.63) is 34.2 Å². The minimum Gasteiger partial charge on any atom is -0.481 e. The molecule has 1 saturated heterocycles. The molecule has 2 rings (SSSR count). The third kappa shape index (κ3) is 2.84. The minimum atomic E-state index is -0.884. The molecule has 1 amide bonds. The molecule has 1 aliphatic rings. The van der Waals surface area contributed by atoms with E-state index in [4.69, 9.17) is 0 Å². The summed E-state index contributed by atoms with van der Waals surface area (Å²) >= 11 is 0. The summed E-state index contributed by atoms with van der Waals surface area (Å²) < 4.78 is 1.35. The molecule has 21 heavy (non-hydrogen) atoms. The molecule has 0 saturated carbocycles. The van der Waals surface area contributed by atoms with Gasteiger partial charge in [-0.3, -0.25) is 14.4 Å². The third-order valence-corrected chi connectivity index (χ3v) is 4.18. The van der Waals surface area contributed by atoms with E-state index in [1.54, 1.807) is 19.3 Å². The van der Waals surface area contributed by atoms with Crippen molar-refractivity contribution in [2.45, 2.75) is 13.8 Å². The van der Waals surface area contributed by atoms with Gasteiger partial charge < -0.3 is 14.6 Å². The molecule has 0 aliphatic carbocycles. The Morgan fingerprint density at radius 1 is 1.33 bits per heavy atom. The van der Waals surface area contributed by atoms with Gasteiger partial charge in [0.25, 0.3) is 11.5 Å². The van der Waals surface area contributed by atoms with Gasteiger partial charge in [0, 0.05) is 26.3 Å². The van der Waals surface area contributed by atoms with E-state index in [0.717, 1.165) is 0 Å². The van der Waals surface area contributed by atoms with Gasteiger partial charge in [0.1, 0.15) is 5.56 Å². The molecule has 2 heterocycles. The van der Waals surface area contributed by atoms with E-state index >= 15 is 0 Å². The van der Waals surface area contributed by atoms with Gasteiger partial charge in [-0.15, -0.1) is 0 Å². The van der Waals surface area contributed by atoms with Crippen molar-refractivity contribution >= 4 is 11.9 Å². The molecule has 6 heteroatoms. The average Bonchev–Trinajstić information content (AvgIpc) is 2.86. The molecule has 0 radical (unpaired) electrons. The smallest absolute Gasteiger partial charge is 0.308 e. The lowest BCUT2D eigenvalue weighted by molar-refractivity contribution is -0.142. The predicted molar refractivity (Wildman–Crippen MR) is 77.0 cm³/mol. The van der Waals surface area contributed by atoms with Crippen LogP contribution in [0.3, 0.4) is 0 Å². The number of nitrogens with zero attached hydrogens (tertiary/aromatic N) is 2. The fourth-order valence-electron chi connectivity index (χ4n) is 2.86. The Bertz CT molecular complexity index is 620. The first kappa shape index (κ1) is 15.3. The number of aromatic nitrogens is 1. The predicted octanol–water partition coefficient (Wildman–Crippen LogP) is 0.814. The van der Waals surface area contributed by atoms with Crippen molar-refractivity contribution in [1.29, 1.82) is 0 Å². The van der Waals surface area contributed by atoms with E-state index in [2.05, 4.69) is 0 Å². The lowest BCUT2D eigenvalue weighted by atomic mass is 9.86. The highest BCUT2D eigenvalue weighted by atomic mass is 16.4. The molecule has 6 nitrogen and oxygen atoms in total. The van der Waals surface area contributed by atoms with Crippen LogP contribution in [0, 0.1) is 17.8 Å². The second-order valence-electron chi connectivity index (χ2n) is 5.90. The number of carbonyl (C=O) groups is 2. The molecule has 1 aromatic rings. The van der Waals surface area contributed by atoms with Gasteiger partial charge >= 0.3 is 5.97 Å². The first-order chi connectivity index (χ1) is 9.82. The van der Waals surface area contributed by atoms with Gasteiger partial charge in [0.05, 0.1) is 5.92 Å². The zero-order chi connectivity index (χ0) is 15.7. The van der Waals surface area contributed by atoms with Crippen LogP contribution in [0.15, 0.2) is 23.1 Å². The van der Waals surface area contributed by atoms with Crippen LogP contribution >= 0.6 is 0 Å². The molecule has 114 valence electrons. The minimum absolute atomic E-state index is 0.0842. The Morgan fingerprint density at radius 3 is 2.52 bits per heavy atom. The fraction of sp³-hybridized carbons (Fsp3) is 0.533. The maximum absolute atomic E-state index is 12.5. The molecule has 2 atom stereocenters. The van der Waals surface area contributed by atoms with Crippen molar-refractivity contribution < 1.29 is 14.7 Å². The highest BCUT2D eigenvalue weighted by Gasteiger charge is 2.41. The number of aryl methyl sites for hydroxylation is 1. The summed E-state index contributed by atoms with van der Waals surface area (Å²) in [5.41, 5.74) is -0.268. The highest BCUT2D eigenvalue weighted by molar-refractivity contribution is 5.94. The number of aliphatic carboxylic acids is 1. The van der Waals surface area contributed by atoms with Crippen LogP contribution in [0.25, 0.3) is 0 Å². The summed E-state index contributed by atoms with van der Waals surface area (Å²) in [5, 5.41) is 9.30. The number of amides is 1. The normalized spacial score (nSPS) is 21.8. The number of carbonyl (C=O) groups excluding carboxylic acids is 1. The molecule has 0 spiro atoms. The molecule has 1 aliphatic heterocycles. The number of rotatable bonds is 3. The summed E-state index contributed by atoms with van der Waals surface area (Å²) in [5.74, 6) is -1.75. The number of carboxylic acid groups (broad SMARTS) is 1. The summed E-state index contributed by atoms with van der Waals surface area (Å²) in [7, 11) is 1.58. The van der Waals surface area contributed by atoms with E-state index in [1.165, 1.54) is 15.5 Å². The van der Waals surface area contributed by atoms with E-state index in [-0.39, 0.29) is 35.4 Å². The molecular formula is C15H20N2O4. The largest absolute Gasteiger partial charge is 0.481 e. The van der Waals surface area contributed by atoms with E-state index < -0.39 is 11.9 Å². The van der Waals surface area contributed by atoms with Crippen molar-refractivity contribution in [3.8, 4) is 0 Å². The Balaban J connectivity index is 2.27. The summed E-state index contributed by atoms with van der Waals surface area (Å²) in [4.78, 5) is 37.3. The number of pyridine rings is 1. The van der Waals surface area contributed by atoms with Gasteiger partial charge in [-0.2, -0.15) is 0 Å². The van der Waals surface area contributed by atoms with Gasteiger partial charge in [0.2, 0.25) is 0 Å². The first-order valence-electron chi connectivity index (χ1n) is 7.00. The highest BCUT2D eigenvalue weighted by Crippen LogP contribution is 2.30. The molecule has 0 bridgehead atoms. The van der Waals surface area contributed by atoms with Crippen LogP contribution < -0.4 is 5.56 Å². The van der Waals surface area contributed by atoms with Gasteiger partial charge in [0.15, 0.2) is 0 Å². The van der Waals surface area contributed by atoms with Crippen molar-refractivity contribution in [2.24, 2.45) is 24.8 Å². The SMILES string of the molecule is CC(C)[C@H]1CN(C(=O)c2cccn(C)c2=O)C[C@@H]1C(=O)O. The Kier molecular flexibility index (Phi) is 4.16. The van der Waals surface area contributed by atoms with E-state index in [9.17, 15) is 19.5 Å². The van der Waals surface area contributed by atoms with Crippen LogP contribution in [-0.4, -0.2) is 39.5 Å². The third-order valence-electron chi connectivity index (χ3n) is 4.18. The van der Waals surface area contributed by atoms with E-state index in [0.29, 0.717) is 6.54 Å². The molecule has 1 fully saturated rings. The average molecular weight is 292 g/mol. The van der Waals surface area contributed by atoms with Crippen LogP contribution in [0.2, 0.25) is 0 Å². The molecule has 1 aromatic heterocycles. The van der Waals surface area contributed by atoms with Crippen molar-refractivity contribution in [1.82, 2.24) is 9.47 Å². The van der Waals surface area contributed by atoms with Crippen LogP contribution in [-0.2, 0) is 11.8 Å². The number of hydrogen-bond donors (Lipinski definition) is 1. The fourth-order valence-corrected chi connectivity index (χ4v) is 2.86. The van der Waals surface area contributed by atoms with Crippen LogP contribution in [0.1, 0.15) is 24.2 Å². The Hall–Kier alpha value is -2.11. The van der Waals surface area contributed by atoms with Crippen LogP contribution in [0.4, 0.5) is 0 Å². The monoisotopic (exact) mass is 292 g/mol. The maximum atomic E-state index is 12.5. The topological polar surface area (TPSA) is 79.6 Å². The number of hydrogen-bond acceptors (Lipinski definition) is 3. The second kappa shape index (κ2) is 5.71. The maximum Gasteiger partial charge on any atom is 0.308 e. The summed E-state index contributed by atoms with van der Waals surface area (Å²) in [6.45, 7) is 4.45. The molecule has 0 unspecified atom stereocenters. The zero-order valence-electron chi connectivity index (χ0n) is 12.4. The lowest BCUT2D eigenvalue weighted by Crippen LogP contribution is -2.35. The summed E-state index contributed by atoms with van der Waals surface area (Å²) in [6, 6.07) is 3.13. The van der Waals surface area contributed by atoms with Crippen molar-refractivity contribution in [2.75, 3.05) is 13.1 Å². The quantitative estimate of drug-likeness (QED) is 0.894. The Morgan fingerprint density at radius 2 is 2.00 bits per heavy atom.